The number of hydrogen-bond donors (Lipinski definition) is 6. The van der Waals surface area contributed by atoms with Crippen LogP contribution in [0.3, 0.4) is 0 Å². The van der Waals surface area contributed by atoms with Gasteiger partial charge in [-0.1, -0.05) is 0 Å². The predicted octanol–water partition coefficient (Wildman–Crippen LogP) is -4.46. The van der Waals surface area contributed by atoms with Gasteiger partial charge in [0, 0.05) is 0 Å². The van der Waals surface area contributed by atoms with Crippen molar-refractivity contribution in [1.82, 2.24) is 39.0 Å². The molecule has 57 heavy (non-hydrogen) atoms. The topological polar surface area (TPSA) is 453 Å². The number of anilines is 2. The number of hydrogen-bond acceptors (Lipinski definition) is 27. The van der Waals surface area contributed by atoms with Crippen molar-refractivity contribution in [2.45, 2.75) is 49.1 Å². The first-order valence-corrected chi connectivity index (χ1v) is 24.1. The zero-order valence-corrected chi connectivity index (χ0v) is 32.7. The highest BCUT2D eigenvalue weighted by Crippen LogP contribution is 2.69. The zero-order valence-electron chi connectivity index (χ0n) is 28.2. The molecule has 2 aliphatic heterocycles. The van der Waals surface area contributed by atoms with Crippen LogP contribution in [0.5, 0.6) is 0 Å². The van der Waals surface area contributed by atoms with Gasteiger partial charge >= 0.3 is 0 Å². The summed E-state index contributed by atoms with van der Waals surface area (Å²) in [7, 11) is -24.1. The Morgan fingerprint density at radius 1 is 0.632 bits per heavy atom. The first-order chi connectivity index (χ1) is 26.4. The number of fused-ring (bicyclic) bond motifs is 2. The summed E-state index contributed by atoms with van der Waals surface area (Å²) < 4.78 is 93.0. The van der Waals surface area contributed by atoms with E-state index in [1.807, 2.05) is 0 Å². The number of imidazole rings is 2. The summed E-state index contributed by atoms with van der Waals surface area (Å²) in [5.41, 5.74) is 11.8. The molecular weight excluding hydrogens is 874 g/mol. The molecule has 8 N–H and O–H groups in total. The highest BCUT2D eigenvalue weighted by molar-refractivity contribution is 7.89. The first kappa shape index (κ1) is 43.9. The molecule has 3 radical (unpaired) electrons. The van der Waals surface area contributed by atoms with Crippen LogP contribution in [0.1, 0.15) is 12.5 Å². The Bertz CT molecular complexity index is 2230. The largest absolute Gasteiger partial charge is 0.778 e. The van der Waals surface area contributed by atoms with Gasteiger partial charge in [-0.15, -0.1) is 0 Å². The van der Waals surface area contributed by atoms with E-state index in [0.29, 0.717) is 0 Å². The summed E-state index contributed by atoms with van der Waals surface area (Å²) in [6, 6.07) is 0. The molecule has 6 heterocycles. The summed E-state index contributed by atoms with van der Waals surface area (Å²) >= 11 is 0. The number of ether oxygens (including phenoxy) is 2. The van der Waals surface area contributed by atoms with E-state index in [1.165, 1.54) is 0 Å². The maximum Gasteiger partial charge on any atom is 0.167 e. The Morgan fingerprint density at radius 3 is 1.37 bits per heavy atom. The molecular formula is C22H28BN10O19P5-5. The summed E-state index contributed by atoms with van der Waals surface area (Å²) in [6.07, 6.45) is -8.72. The van der Waals surface area contributed by atoms with Gasteiger partial charge < -0.3 is 109 Å². The average molecular weight is 902 g/mol. The standard InChI is InChI=1S/C22H32BN10O19P5/c23-57(46,51-55(42,43)7-53(38,39)47-1-9-13(34)15(36)21(49-9)32-5-30-11-17(24)26-3-28-19(11)32)52-56(44,45)8-54(40,41)48-2-10-14(35)16(37)22(50-10)33-6-31-12-18(25)27-4-29-20(12)33/h3-6,9-10,13-16,21-22,34-37H,1-2,7-8H2,(H,38,39)(H,40,41)(H,42,43)(H,44,45)(H2,24,26,28)(H2,25,27,29)/q-1/p-4/t9-,10-,13-,14-,15-,16-,21-,22-/m1/s1. The van der Waals surface area contributed by atoms with Crippen molar-refractivity contribution in [2.24, 2.45) is 0 Å². The molecule has 0 aliphatic carbocycles. The van der Waals surface area contributed by atoms with E-state index in [4.69, 9.17) is 28.5 Å². The van der Waals surface area contributed by atoms with Gasteiger partial charge in [-0.2, -0.15) is 0 Å². The number of nitrogens with zero attached hydrogens (tertiary/aromatic N) is 8. The molecule has 4 aromatic heterocycles. The molecule has 0 aromatic carbocycles. The van der Waals surface area contributed by atoms with Crippen LogP contribution < -0.4 is 31.0 Å². The minimum Gasteiger partial charge on any atom is -0.778 e. The second-order valence-corrected chi connectivity index (χ2v) is 22.3. The quantitative estimate of drug-likeness (QED) is 0.0456. The first-order valence-electron chi connectivity index (χ1n) is 15.6. The molecule has 2 aliphatic rings. The molecule has 6 rings (SSSR count). The fraction of sp³-hybridized carbons (Fsp3) is 0.545. The molecule has 0 bridgehead atoms. The van der Waals surface area contributed by atoms with Crippen molar-refractivity contribution in [1.29, 1.82) is 0 Å². The Hall–Kier alpha value is -2.65. The summed E-state index contributed by atoms with van der Waals surface area (Å²) in [5.74, 6) is -4.30. The monoisotopic (exact) mass is 902 g/mol. The SMILES string of the molecule is [B-]P(=O)(OP(=O)([O-])CP(=O)([O-])OC[C@H]1O[C@@H](n2cnc3c(N)ncnc32)[C@H](O)[C@@H]1O)OP(=O)([O-])CP(=O)([O-])OC[C@H]1O[C@@H](n2cnc3c(N)ncnc32)[C@H](O)[C@@H]1O. The molecule has 4 aromatic rings. The van der Waals surface area contributed by atoms with E-state index < -0.39 is 112 Å². The Balaban J connectivity index is 1.00. The van der Waals surface area contributed by atoms with E-state index in [9.17, 15) is 62.8 Å². The van der Waals surface area contributed by atoms with E-state index in [-0.39, 0.29) is 34.0 Å². The molecule has 2 fully saturated rings. The Kier molecular flexibility index (Phi) is 12.4. The van der Waals surface area contributed by atoms with E-state index in [0.717, 1.165) is 34.4 Å². The van der Waals surface area contributed by atoms with Crippen LogP contribution in [0.2, 0.25) is 0 Å². The van der Waals surface area contributed by atoms with Gasteiger partial charge in [0.2, 0.25) is 0 Å². The molecule has 35 heteroatoms. The van der Waals surface area contributed by atoms with Gasteiger partial charge in [-0.25, -0.2) is 29.9 Å². The highest BCUT2D eigenvalue weighted by atomic mass is 31.3. The van der Waals surface area contributed by atoms with E-state index in [2.05, 4.69) is 47.6 Å². The number of rotatable bonds is 16. The van der Waals surface area contributed by atoms with Crippen molar-refractivity contribution < 1.29 is 90.0 Å². The maximum atomic E-state index is 12.5. The van der Waals surface area contributed by atoms with Crippen LogP contribution in [0.25, 0.3) is 22.3 Å². The molecule has 4 unspecified atom stereocenters. The van der Waals surface area contributed by atoms with Crippen LogP contribution in [0, 0.1) is 0 Å². The third kappa shape index (κ3) is 9.88. The normalized spacial score (nSPS) is 30.8. The molecule has 12 atom stereocenters. The molecule has 2 saturated heterocycles. The van der Waals surface area contributed by atoms with E-state index in [1.54, 1.807) is 0 Å². The van der Waals surface area contributed by atoms with Crippen LogP contribution in [-0.4, -0.2) is 129 Å². The fourth-order valence-electron chi connectivity index (χ4n) is 5.60. The lowest BCUT2D eigenvalue weighted by molar-refractivity contribution is -0.207. The van der Waals surface area contributed by atoms with Crippen molar-refractivity contribution >= 4 is 79.4 Å². The van der Waals surface area contributed by atoms with Crippen molar-refractivity contribution in [3.8, 4) is 0 Å². The van der Waals surface area contributed by atoms with Gasteiger partial charge in [0.15, 0.2) is 35.4 Å². The summed E-state index contributed by atoms with van der Waals surface area (Å²) in [5, 5.41) is 41.9. The van der Waals surface area contributed by atoms with Crippen LogP contribution in [-0.2, 0) is 50.0 Å². The minimum atomic E-state index is -6.01. The second-order valence-electron chi connectivity index (χ2n) is 12.3. The maximum absolute atomic E-state index is 12.5. The Morgan fingerprint density at radius 2 is 1.00 bits per heavy atom. The lowest BCUT2D eigenvalue weighted by Crippen LogP contribution is -2.34. The minimum absolute atomic E-state index is 0.0266. The van der Waals surface area contributed by atoms with Gasteiger partial charge in [0.05, 0.1) is 45.1 Å². The van der Waals surface area contributed by atoms with Gasteiger partial charge in [-0.3, -0.25) is 9.13 Å². The third-order valence-electron chi connectivity index (χ3n) is 8.04. The van der Waals surface area contributed by atoms with Crippen LogP contribution in [0.15, 0.2) is 25.3 Å². The zero-order chi connectivity index (χ0) is 41.9. The predicted molar refractivity (Wildman–Crippen MR) is 179 cm³/mol. The highest BCUT2D eigenvalue weighted by Gasteiger charge is 2.46. The Labute approximate surface area is 319 Å². The number of aliphatic hydroxyl groups is 4. The number of nitrogen functional groups attached to an aromatic ring is 2. The number of aromatic nitrogens is 8. The third-order valence-corrected chi connectivity index (χ3v) is 18.5. The van der Waals surface area contributed by atoms with Crippen molar-refractivity contribution in [2.75, 3.05) is 36.5 Å². The number of nitrogens with two attached hydrogens (primary N) is 2. The van der Waals surface area contributed by atoms with Crippen LogP contribution in [0.4, 0.5) is 11.6 Å². The second kappa shape index (κ2) is 16.1. The van der Waals surface area contributed by atoms with E-state index >= 15 is 0 Å². The molecule has 313 valence electrons. The van der Waals surface area contributed by atoms with Gasteiger partial charge in [0.1, 0.15) is 90.7 Å². The molecule has 0 spiro atoms. The fourth-order valence-corrected chi connectivity index (χ4v) is 14.9. The van der Waals surface area contributed by atoms with Crippen molar-refractivity contribution in [3.05, 3.63) is 25.3 Å². The molecule has 0 amide bonds. The average Bonchev–Trinajstić information content (AvgIpc) is 3.83. The number of aliphatic hydroxyl groups excluding tert-OH is 4. The van der Waals surface area contributed by atoms with Gasteiger partial charge in [0.25, 0.3) is 0 Å². The summed E-state index contributed by atoms with van der Waals surface area (Å²) in [4.78, 5) is 73.4. The van der Waals surface area contributed by atoms with Gasteiger partial charge in [-0.05, 0) is 0 Å². The molecule has 0 saturated carbocycles. The lowest BCUT2D eigenvalue weighted by Gasteiger charge is -2.41. The van der Waals surface area contributed by atoms with Crippen LogP contribution >= 0.6 is 37.9 Å². The summed E-state index contributed by atoms with van der Waals surface area (Å²) in [6.45, 7) is -2.20. The smallest absolute Gasteiger partial charge is 0.167 e. The lowest BCUT2D eigenvalue weighted by atomic mass is 10.1. The van der Waals surface area contributed by atoms with Crippen molar-refractivity contribution in [3.63, 3.8) is 0 Å². The molecule has 29 nitrogen and oxygen atoms in total.